The quantitative estimate of drug-likeness (QED) is 0.377. The number of esters is 1. The number of carbonyl (C=O) groups is 1. The van der Waals surface area contributed by atoms with Gasteiger partial charge in [0.05, 0.1) is 63.0 Å². The fourth-order valence-corrected chi connectivity index (χ4v) is 5.90. The molecule has 3 aromatic rings. The first-order valence-electron chi connectivity index (χ1n) is 12.8. The zero-order valence-corrected chi connectivity index (χ0v) is 23.8. The van der Waals surface area contributed by atoms with Crippen LogP contribution in [0, 0.1) is 0 Å². The van der Waals surface area contributed by atoms with E-state index in [9.17, 15) is 9.59 Å². The first-order chi connectivity index (χ1) is 19.4. The molecule has 0 N–H and O–H groups in total. The van der Waals surface area contributed by atoms with E-state index in [0.29, 0.717) is 56.8 Å². The Hall–Kier alpha value is -4.03. The van der Waals surface area contributed by atoms with E-state index in [2.05, 4.69) is 9.89 Å². The number of methoxy groups -OCH3 is 3. The Kier molecular flexibility index (Phi) is 7.99. The molecule has 1 aromatic carbocycles. The highest BCUT2D eigenvalue weighted by Gasteiger charge is 2.34. The number of aromatic nitrogens is 1. The number of hydrogen-bond donors (Lipinski definition) is 0. The maximum absolute atomic E-state index is 13.9. The molecule has 5 rings (SSSR count). The van der Waals surface area contributed by atoms with Gasteiger partial charge in [0.15, 0.2) is 22.2 Å². The lowest BCUT2D eigenvalue weighted by atomic mass is 9.95. The summed E-state index contributed by atoms with van der Waals surface area (Å²) in [6, 6.07) is 6.32. The van der Waals surface area contributed by atoms with Crippen molar-refractivity contribution in [3.63, 3.8) is 0 Å². The van der Waals surface area contributed by atoms with Gasteiger partial charge in [-0.25, -0.2) is 9.79 Å². The van der Waals surface area contributed by atoms with E-state index >= 15 is 0 Å². The molecule has 2 aromatic heterocycles. The number of allylic oxidation sites excluding steroid dienone is 1. The lowest BCUT2D eigenvalue weighted by molar-refractivity contribution is -0.139. The van der Waals surface area contributed by atoms with Gasteiger partial charge < -0.3 is 33.0 Å². The number of hydrogen-bond acceptors (Lipinski definition) is 11. The molecule has 12 heteroatoms. The van der Waals surface area contributed by atoms with Crippen molar-refractivity contribution in [2.75, 3.05) is 59.1 Å². The summed E-state index contributed by atoms with van der Waals surface area (Å²) in [6.07, 6.45) is 1.70. The molecule has 0 saturated carbocycles. The predicted octanol–water partition coefficient (Wildman–Crippen LogP) is 2.25. The van der Waals surface area contributed by atoms with E-state index in [1.54, 1.807) is 32.1 Å². The van der Waals surface area contributed by atoms with E-state index in [1.807, 2.05) is 12.1 Å². The van der Waals surface area contributed by atoms with Gasteiger partial charge in [-0.3, -0.25) is 9.36 Å². The fourth-order valence-electron chi connectivity index (χ4n) is 4.87. The van der Waals surface area contributed by atoms with Crippen LogP contribution < -0.4 is 34.0 Å². The molecule has 0 radical (unpaired) electrons. The predicted molar refractivity (Wildman–Crippen MR) is 148 cm³/mol. The molecule has 1 atom stereocenters. The number of rotatable bonds is 8. The van der Waals surface area contributed by atoms with E-state index in [0.717, 1.165) is 19.0 Å². The normalized spacial score (nSPS) is 17.4. The first-order valence-corrected chi connectivity index (χ1v) is 13.6. The summed E-state index contributed by atoms with van der Waals surface area (Å²) in [6.45, 7) is 6.38. The second-order valence-corrected chi connectivity index (χ2v) is 10.0. The molecule has 11 nitrogen and oxygen atoms in total. The zero-order chi connectivity index (χ0) is 28.4. The van der Waals surface area contributed by atoms with Crippen molar-refractivity contribution in [2.45, 2.75) is 19.9 Å². The molecule has 0 aliphatic carbocycles. The number of nitrogens with zero attached hydrogens (tertiary/aromatic N) is 3. The average molecular weight is 570 g/mol. The van der Waals surface area contributed by atoms with Crippen molar-refractivity contribution >= 4 is 29.3 Å². The van der Waals surface area contributed by atoms with Crippen LogP contribution in [0.3, 0.4) is 0 Å². The molecule has 1 saturated heterocycles. The Morgan fingerprint density at radius 2 is 1.82 bits per heavy atom. The van der Waals surface area contributed by atoms with Crippen molar-refractivity contribution in [1.82, 2.24) is 4.57 Å². The molecular weight excluding hydrogens is 538 g/mol. The Labute approximate surface area is 234 Å². The minimum atomic E-state index is -0.841. The van der Waals surface area contributed by atoms with Crippen LogP contribution in [0.15, 0.2) is 49.7 Å². The Morgan fingerprint density at radius 3 is 2.45 bits per heavy atom. The summed E-state index contributed by atoms with van der Waals surface area (Å²) < 4.78 is 35.4. The van der Waals surface area contributed by atoms with Gasteiger partial charge in [-0.1, -0.05) is 11.3 Å². The molecule has 0 bridgehead atoms. The van der Waals surface area contributed by atoms with Gasteiger partial charge >= 0.3 is 5.97 Å². The third-order valence-electron chi connectivity index (χ3n) is 6.73. The third kappa shape index (κ3) is 5.00. The zero-order valence-electron chi connectivity index (χ0n) is 23.0. The van der Waals surface area contributed by atoms with Crippen LogP contribution in [0.4, 0.5) is 5.88 Å². The summed E-state index contributed by atoms with van der Waals surface area (Å²) in [7, 11) is 4.53. The van der Waals surface area contributed by atoms with Gasteiger partial charge in [-0.05, 0) is 37.6 Å². The maximum Gasteiger partial charge on any atom is 0.338 e. The Morgan fingerprint density at radius 1 is 1.12 bits per heavy atom. The number of thiazole rings is 1. The van der Waals surface area contributed by atoms with Gasteiger partial charge in [-0.2, -0.15) is 0 Å². The number of benzene rings is 1. The average Bonchev–Trinajstić information content (AvgIpc) is 3.56. The highest BCUT2D eigenvalue weighted by Crippen LogP contribution is 2.42. The number of anilines is 1. The maximum atomic E-state index is 13.9. The third-order valence-corrected chi connectivity index (χ3v) is 7.71. The van der Waals surface area contributed by atoms with Crippen molar-refractivity contribution in [2.24, 2.45) is 4.99 Å². The largest absolute Gasteiger partial charge is 0.493 e. The minimum Gasteiger partial charge on any atom is -0.493 e. The van der Waals surface area contributed by atoms with E-state index in [1.165, 1.54) is 37.2 Å². The molecule has 1 fully saturated rings. The number of furan rings is 1. The molecule has 0 amide bonds. The second-order valence-electron chi connectivity index (χ2n) is 9.04. The minimum absolute atomic E-state index is 0.173. The lowest BCUT2D eigenvalue weighted by Crippen LogP contribution is -2.40. The molecule has 2 aliphatic heterocycles. The second kappa shape index (κ2) is 11.6. The van der Waals surface area contributed by atoms with E-state index in [-0.39, 0.29) is 17.7 Å². The van der Waals surface area contributed by atoms with Gasteiger partial charge in [0, 0.05) is 25.2 Å². The van der Waals surface area contributed by atoms with E-state index in [4.69, 9.17) is 28.1 Å². The smallest absolute Gasteiger partial charge is 0.338 e. The van der Waals surface area contributed by atoms with Crippen molar-refractivity contribution in [3.05, 3.63) is 66.5 Å². The number of morpholine rings is 1. The van der Waals surface area contributed by atoms with Crippen LogP contribution in [0.5, 0.6) is 17.2 Å². The molecule has 212 valence electrons. The fraction of sp³-hybridized carbons (Fsp3) is 0.393. The first kappa shape index (κ1) is 27.5. The van der Waals surface area contributed by atoms with Crippen LogP contribution >= 0.6 is 11.3 Å². The lowest BCUT2D eigenvalue weighted by Gasteiger charge is -2.26. The summed E-state index contributed by atoms with van der Waals surface area (Å²) in [4.78, 5) is 34.3. The van der Waals surface area contributed by atoms with Crippen LogP contribution in [0.1, 0.15) is 31.2 Å². The van der Waals surface area contributed by atoms with Crippen LogP contribution in [-0.4, -0.2) is 64.8 Å². The van der Waals surface area contributed by atoms with Crippen LogP contribution in [0.25, 0.3) is 6.08 Å². The SMILES string of the molecule is CCOC(=O)C1=C(C)N=c2sc(=Cc3ccc(N4CCOCC4)o3)c(=O)n2[C@H]1c1cc(OC)c(OC)c(OC)c1. The topological polar surface area (TPSA) is 114 Å². The van der Waals surface area contributed by atoms with Crippen molar-refractivity contribution in [3.8, 4) is 17.2 Å². The summed E-state index contributed by atoms with van der Waals surface area (Å²) >= 11 is 1.22. The van der Waals surface area contributed by atoms with Crippen molar-refractivity contribution in [1.29, 1.82) is 0 Å². The molecule has 2 aliphatic rings. The van der Waals surface area contributed by atoms with Gasteiger partial charge in [0.2, 0.25) is 5.75 Å². The van der Waals surface area contributed by atoms with Crippen molar-refractivity contribution < 1.29 is 32.9 Å². The number of fused-ring (bicyclic) bond motifs is 1. The standard InChI is InChI=1S/C28H31N3O8S/c1-6-38-27(33)23-16(2)29-28-31(24(23)17-13-19(34-3)25(36-5)20(14-17)35-4)26(32)21(40-28)15-18-7-8-22(39-18)30-9-11-37-12-10-30/h7-8,13-15,24H,6,9-12H2,1-5H3/t24-/m0/s1. The molecule has 4 heterocycles. The summed E-state index contributed by atoms with van der Waals surface area (Å²) in [5.41, 5.74) is 0.966. The Bertz CT molecular complexity index is 1600. The highest BCUT2D eigenvalue weighted by atomic mass is 32.1. The van der Waals surface area contributed by atoms with Gasteiger partial charge in [0.25, 0.3) is 5.56 Å². The molecule has 0 spiro atoms. The molecule has 0 unspecified atom stereocenters. The molecular formula is C28H31N3O8S. The van der Waals surface area contributed by atoms with Crippen LogP contribution in [-0.2, 0) is 14.3 Å². The monoisotopic (exact) mass is 569 g/mol. The van der Waals surface area contributed by atoms with E-state index < -0.39 is 12.0 Å². The summed E-state index contributed by atoms with van der Waals surface area (Å²) in [5.74, 6) is 1.88. The number of ether oxygens (including phenoxy) is 5. The molecule has 40 heavy (non-hydrogen) atoms. The van der Waals surface area contributed by atoms with Gasteiger partial charge in [-0.15, -0.1) is 0 Å². The Balaban J connectivity index is 1.67. The number of carbonyl (C=O) groups excluding carboxylic acids is 1. The summed E-state index contributed by atoms with van der Waals surface area (Å²) in [5, 5.41) is 0. The van der Waals surface area contributed by atoms with Crippen LogP contribution in [0.2, 0.25) is 0 Å². The van der Waals surface area contributed by atoms with Gasteiger partial charge in [0.1, 0.15) is 5.76 Å². The highest BCUT2D eigenvalue weighted by molar-refractivity contribution is 7.07.